The van der Waals surface area contributed by atoms with Crippen molar-refractivity contribution >= 4 is 63.8 Å². The summed E-state index contributed by atoms with van der Waals surface area (Å²) in [7, 11) is 0. The number of hydrogen-bond acceptors (Lipinski definition) is 5. The van der Waals surface area contributed by atoms with E-state index in [9.17, 15) is 14.4 Å². The van der Waals surface area contributed by atoms with Crippen molar-refractivity contribution in [3.8, 4) is 0 Å². The van der Waals surface area contributed by atoms with Gasteiger partial charge < -0.3 is 10.2 Å². The second kappa shape index (κ2) is 7.12. The Kier molecular flexibility index (Phi) is 5.40. The van der Waals surface area contributed by atoms with Crippen molar-refractivity contribution < 1.29 is 24.6 Å². The highest BCUT2D eigenvalue weighted by molar-refractivity contribution is 8.26. The number of thioether (sulfide) groups is 1. The van der Waals surface area contributed by atoms with Gasteiger partial charge in [-0.15, -0.1) is 0 Å². The van der Waals surface area contributed by atoms with Crippen molar-refractivity contribution in [1.82, 2.24) is 4.90 Å². The van der Waals surface area contributed by atoms with Gasteiger partial charge in [-0.05, 0) is 23.8 Å². The lowest BCUT2D eigenvalue weighted by Crippen LogP contribution is -2.45. The molecule has 6 nitrogen and oxygen atoms in total. The van der Waals surface area contributed by atoms with E-state index in [1.165, 1.54) is 0 Å². The average Bonchev–Trinajstić information content (AvgIpc) is 2.73. The number of aliphatic carboxylic acids is 2. The van der Waals surface area contributed by atoms with Crippen LogP contribution in [0.5, 0.6) is 0 Å². The zero-order valence-electron chi connectivity index (χ0n) is 11.4. The minimum Gasteiger partial charge on any atom is -0.481 e. The highest BCUT2D eigenvalue weighted by atomic mass is 35.5. The second-order valence-corrected chi connectivity index (χ2v) is 6.67. The predicted octanol–water partition coefficient (Wildman–Crippen LogP) is 2.47. The molecule has 0 radical (unpaired) electrons. The van der Waals surface area contributed by atoms with Crippen LogP contribution in [0.2, 0.25) is 5.02 Å². The van der Waals surface area contributed by atoms with Gasteiger partial charge in [-0.2, -0.15) is 0 Å². The summed E-state index contributed by atoms with van der Waals surface area (Å²) in [5, 5.41) is 18.5. The summed E-state index contributed by atoms with van der Waals surface area (Å²) in [4.78, 5) is 35.5. The maximum Gasteiger partial charge on any atom is 0.327 e. The van der Waals surface area contributed by atoms with E-state index < -0.39 is 30.3 Å². The van der Waals surface area contributed by atoms with Crippen molar-refractivity contribution in [2.75, 3.05) is 0 Å². The molecule has 0 aliphatic carbocycles. The molecular weight excluding hydrogens is 362 g/mol. The quantitative estimate of drug-likeness (QED) is 0.606. The molecule has 0 saturated carbocycles. The number of carboxylic acids is 2. The van der Waals surface area contributed by atoms with Crippen LogP contribution in [0.15, 0.2) is 29.2 Å². The van der Waals surface area contributed by atoms with Gasteiger partial charge in [0.25, 0.3) is 5.91 Å². The third-order valence-corrected chi connectivity index (χ3v) is 4.54. The van der Waals surface area contributed by atoms with Gasteiger partial charge in [0.05, 0.1) is 11.3 Å². The van der Waals surface area contributed by atoms with Crippen LogP contribution in [0.4, 0.5) is 0 Å². The molecule has 9 heteroatoms. The number of carbonyl (C=O) groups excluding carboxylic acids is 1. The van der Waals surface area contributed by atoms with Crippen LogP contribution in [0.25, 0.3) is 6.08 Å². The van der Waals surface area contributed by atoms with Crippen LogP contribution in [0.1, 0.15) is 12.0 Å². The molecule has 23 heavy (non-hydrogen) atoms. The Morgan fingerprint density at radius 3 is 2.43 bits per heavy atom. The van der Waals surface area contributed by atoms with Gasteiger partial charge in [-0.3, -0.25) is 14.5 Å². The summed E-state index contributed by atoms with van der Waals surface area (Å²) in [5.41, 5.74) is 0.694. The first kappa shape index (κ1) is 17.5. The number of benzene rings is 1. The number of nitrogens with zero attached hydrogens (tertiary/aromatic N) is 1. The Morgan fingerprint density at radius 2 is 1.91 bits per heavy atom. The Balaban J connectivity index is 2.30. The van der Waals surface area contributed by atoms with Gasteiger partial charge in [0, 0.05) is 5.02 Å². The standard InChI is InChI=1S/C14H10ClNO5S2/c15-8-3-1-7(2-4-8)5-10-12(19)16(14(22)23-10)9(13(20)21)6-11(17)18/h1-5,9H,6H2,(H,17,18)(H,20,21)/b10-5-. The van der Waals surface area contributed by atoms with Crippen molar-refractivity contribution in [2.45, 2.75) is 12.5 Å². The van der Waals surface area contributed by atoms with E-state index in [-0.39, 0.29) is 9.23 Å². The maximum atomic E-state index is 12.4. The van der Waals surface area contributed by atoms with Gasteiger partial charge >= 0.3 is 11.9 Å². The Hall–Kier alpha value is -1.90. The number of halogens is 1. The molecule has 0 bridgehead atoms. The first-order valence-electron chi connectivity index (χ1n) is 6.27. The van der Waals surface area contributed by atoms with Crippen LogP contribution >= 0.6 is 35.6 Å². The van der Waals surface area contributed by atoms with E-state index in [1.54, 1.807) is 30.3 Å². The van der Waals surface area contributed by atoms with E-state index in [0.29, 0.717) is 10.6 Å². The number of carboxylic acid groups (broad SMARTS) is 2. The lowest BCUT2D eigenvalue weighted by Gasteiger charge is -2.21. The number of rotatable bonds is 5. The van der Waals surface area contributed by atoms with Crippen molar-refractivity contribution in [3.05, 3.63) is 39.8 Å². The van der Waals surface area contributed by atoms with Crippen molar-refractivity contribution in [1.29, 1.82) is 0 Å². The van der Waals surface area contributed by atoms with Crippen LogP contribution in [-0.2, 0) is 14.4 Å². The van der Waals surface area contributed by atoms with Gasteiger partial charge in [-0.1, -0.05) is 47.7 Å². The third-order valence-electron chi connectivity index (χ3n) is 2.96. The molecule has 1 aliphatic rings. The van der Waals surface area contributed by atoms with Crippen molar-refractivity contribution in [2.24, 2.45) is 0 Å². The summed E-state index contributed by atoms with van der Waals surface area (Å²) in [5.74, 6) is -3.37. The fourth-order valence-corrected chi connectivity index (χ4v) is 3.40. The molecule has 1 saturated heterocycles. The number of hydrogen-bond donors (Lipinski definition) is 2. The molecule has 1 aliphatic heterocycles. The molecule has 1 unspecified atom stereocenters. The minimum absolute atomic E-state index is 0.0175. The number of carbonyl (C=O) groups is 3. The Morgan fingerprint density at radius 1 is 1.30 bits per heavy atom. The van der Waals surface area contributed by atoms with Gasteiger partial charge in [0.2, 0.25) is 0 Å². The molecule has 1 aromatic carbocycles. The van der Waals surface area contributed by atoms with E-state index >= 15 is 0 Å². The molecule has 1 atom stereocenters. The van der Waals surface area contributed by atoms with Gasteiger partial charge in [-0.25, -0.2) is 4.79 Å². The predicted molar refractivity (Wildman–Crippen MR) is 90.1 cm³/mol. The highest BCUT2D eigenvalue weighted by Crippen LogP contribution is 2.34. The molecule has 2 N–H and O–H groups in total. The van der Waals surface area contributed by atoms with E-state index in [4.69, 9.17) is 34.0 Å². The average molecular weight is 372 g/mol. The zero-order valence-corrected chi connectivity index (χ0v) is 13.8. The molecule has 1 aromatic rings. The molecule has 1 fully saturated rings. The summed E-state index contributed by atoms with van der Waals surface area (Å²) in [6, 6.07) is 5.16. The van der Waals surface area contributed by atoms with E-state index in [1.807, 2.05) is 0 Å². The van der Waals surface area contributed by atoms with Crippen LogP contribution in [0.3, 0.4) is 0 Å². The zero-order chi connectivity index (χ0) is 17.1. The van der Waals surface area contributed by atoms with Crippen LogP contribution in [0, 0.1) is 0 Å². The summed E-state index contributed by atoms with van der Waals surface area (Å²) in [6.45, 7) is 0. The maximum absolute atomic E-state index is 12.4. The first-order valence-corrected chi connectivity index (χ1v) is 7.87. The summed E-state index contributed by atoms with van der Waals surface area (Å²) < 4.78 is 0.0175. The lowest BCUT2D eigenvalue weighted by atomic mass is 10.1. The molecule has 120 valence electrons. The molecule has 0 spiro atoms. The van der Waals surface area contributed by atoms with E-state index in [0.717, 1.165) is 16.7 Å². The molecule has 1 heterocycles. The minimum atomic E-state index is -1.53. The van der Waals surface area contributed by atoms with Crippen LogP contribution < -0.4 is 0 Å². The Bertz CT molecular complexity index is 716. The molecule has 0 aromatic heterocycles. The van der Waals surface area contributed by atoms with E-state index in [2.05, 4.69) is 0 Å². The van der Waals surface area contributed by atoms with Crippen LogP contribution in [-0.4, -0.2) is 43.3 Å². The fourth-order valence-electron chi connectivity index (χ4n) is 1.91. The third kappa shape index (κ3) is 4.10. The SMILES string of the molecule is O=C(O)CC(C(=O)O)N1C(=O)/C(=C/c2ccc(Cl)cc2)SC1=S. The van der Waals surface area contributed by atoms with Gasteiger partial charge in [0.15, 0.2) is 0 Å². The largest absolute Gasteiger partial charge is 0.481 e. The number of amides is 1. The molecule has 2 rings (SSSR count). The Labute approximate surface area is 145 Å². The van der Waals surface area contributed by atoms with Crippen molar-refractivity contribution in [3.63, 3.8) is 0 Å². The normalized spacial score (nSPS) is 17.6. The molecular formula is C14H10ClNO5S2. The van der Waals surface area contributed by atoms with Gasteiger partial charge in [0.1, 0.15) is 10.4 Å². The highest BCUT2D eigenvalue weighted by Gasteiger charge is 2.41. The smallest absolute Gasteiger partial charge is 0.327 e. The topological polar surface area (TPSA) is 94.9 Å². The second-order valence-electron chi connectivity index (χ2n) is 4.56. The number of thiocarbonyl (C=S) groups is 1. The summed E-state index contributed by atoms with van der Waals surface area (Å²) in [6.07, 6.45) is 0.825. The monoisotopic (exact) mass is 371 g/mol. The summed E-state index contributed by atoms with van der Waals surface area (Å²) >= 11 is 11.7. The lowest BCUT2D eigenvalue weighted by molar-refractivity contribution is -0.150. The molecule has 1 amide bonds. The first-order chi connectivity index (χ1) is 10.8. The fraction of sp³-hybridized carbons (Fsp3) is 0.143.